The molecule has 0 radical (unpaired) electrons. The summed E-state index contributed by atoms with van der Waals surface area (Å²) >= 11 is 0. The second kappa shape index (κ2) is 5.49. The van der Waals surface area contributed by atoms with Gasteiger partial charge < -0.3 is 10.2 Å². The monoisotopic (exact) mass is 281 g/mol. The van der Waals surface area contributed by atoms with Gasteiger partial charge in [-0.15, -0.1) is 0 Å². The zero-order chi connectivity index (χ0) is 14.9. The Morgan fingerprint density at radius 3 is 2.76 bits per heavy atom. The Kier molecular flexibility index (Phi) is 3.68. The summed E-state index contributed by atoms with van der Waals surface area (Å²) in [7, 11) is 0. The molecular formula is C18H23N3. The highest BCUT2D eigenvalue weighted by atomic mass is 15.2. The Morgan fingerprint density at radius 1 is 1.14 bits per heavy atom. The number of pyridine rings is 1. The smallest absolute Gasteiger partial charge is 0.0603 e. The van der Waals surface area contributed by atoms with E-state index in [4.69, 9.17) is 0 Å². The van der Waals surface area contributed by atoms with Gasteiger partial charge in [-0.2, -0.15) is 0 Å². The summed E-state index contributed by atoms with van der Waals surface area (Å²) in [6, 6.07) is 14.9. The van der Waals surface area contributed by atoms with E-state index in [1.165, 1.54) is 11.3 Å². The second-order valence-electron chi connectivity index (χ2n) is 6.49. The third-order valence-electron chi connectivity index (χ3n) is 3.97. The van der Waals surface area contributed by atoms with Crippen molar-refractivity contribution in [3.63, 3.8) is 0 Å². The van der Waals surface area contributed by atoms with Crippen LogP contribution in [0.1, 0.15) is 30.8 Å². The third-order valence-corrected chi connectivity index (χ3v) is 3.97. The number of aryl methyl sites for hydroxylation is 1. The predicted molar refractivity (Wildman–Crippen MR) is 87.4 cm³/mol. The molecule has 3 rings (SSSR count). The van der Waals surface area contributed by atoms with Crippen LogP contribution in [-0.2, 0) is 13.1 Å². The van der Waals surface area contributed by atoms with Crippen molar-refractivity contribution in [2.45, 2.75) is 39.4 Å². The summed E-state index contributed by atoms with van der Waals surface area (Å²) in [6.07, 6.45) is 0. The van der Waals surface area contributed by atoms with Gasteiger partial charge in [-0.05, 0) is 44.5 Å². The van der Waals surface area contributed by atoms with Crippen LogP contribution in [0.25, 0.3) is 0 Å². The largest absolute Gasteiger partial charge is 0.364 e. The molecule has 0 atom stereocenters. The minimum atomic E-state index is 0.0862. The van der Waals surface area contributed by atoms with Crippen LogP contribution in [0.5, 0.6) is 0 Å². The summed E-state index contributed by atoms with van der Waals surface area (Å²) < 4.78 is 0. The number of rotatable bonds is 2. The van der Waals surface area contributed by atoms with E-state index >= 15 is 0 Å². The van der Waals surface area contributed by atoms with Gasteiger partial charge in [-0.3, -0.25) is 4.98 Å². The standard InChI is InChI=1S/C18H23N3/c1-14-7-6-9-16(20-14)12-21-13-18(2,3)19-11-15-8-4-5-10-17(15)21/h4-10,19H,11-13H2,1-3H3. The maximum atomic E-state index is 4.66. The normalized spacial score (nSPS) is 17.2. The molecule has 1 aromatic heterocycles. The van der Waals surface area contributed by atoms with Crippen molar-refractivity contribution in [2.24, 2.45) is 0 Å². The number of para-hydroxylation sites is 1. The van der Waals surface area contributed by atoms with Crippen molar-refractivity contribution in [1.29, 1.82) is 0 Å². The first-order chi connectivity index (χ1) is 10.0. The molecule has 0 saturated carbocycles. The Balaban J connectivity index is 1.94. The molecule has 0 bridgehead atoms. The Bertz CT molecular complexity index is 634. The van der Waals surface area contributed by atoms with Crippen molar-refractivity contribution < 1.29 is 0 Å². The summed E-state index contributed by atoms with van der Waals surface area (Å²) in [5.74, 6) is 0. The molecule has 0 fully saturated rings. The first kappa shape index (κ1) is 14.1. The van der Waals surface area contributed by atoms with E-state index in [0.29, 0.717) is 0 Å². The molecule has 110 valence electrons. The van der Waals surface area contributed by atoms with Crippen LogP contribution in [-0.4, -0.2) is 17.1 Å². The first-order valence-electron chi connectivity index (χ1n) is 7.54. The van der Waals surface area contributed by atoms with Gasteiger partial charge in [0, 0.05) is 30.0 Å². The van der Waals surface area contributed by atoms with E-state index in [1.807, 2.05) is 13.0 Å². The van der Waals surface area contributed by atoms with Gasteiger partial charge in [0.2, 0.25) is 0 Å². The van der Waals surface area contributed by atoms with Crippen molar-refractivity contribution in [3.05, 3.63) is 59.4 Å². The van der Waals surface area contributed by atoms with Gasteiger partial charge >= 0.3 is 0 Å². The lowest BCUT2D eigenvalue weighted by molar-refractivity contribution is 0.394. The molecule has 1 aliphatic rings. The van der Waals surface area contributed by atoms with E-state index in [9.17, 15) is 0 Å². The zero-order valence-electron chi connectivity index (χ0n) is 13.1. The highest BCUT2D eigenvalue weighted by Crippen LogP contribution is 2.27. The fraction of sp³-hybridized carbons (Fsp3) is 0.389. The molecule has 3 nitrogen and oxygen atoms in total. The average Bonchev–Trinajstić information content (AvgIpc) is 2.56. The lowest BCUT2D eigenvalue weighted by Gasteiger charge is -2.32. The zero-order valence-corrected chi connectivity index (χ0v) is 13.1. The van der Waals surface area contributed by atoms with Gasteiger partial charge in [0.1, 0.15) is 0 Å². The number of anilines is 1. The molecule has 1 aromatic carbocycles. The number of hydrogen-bond donors (Lipinski definition) is 1. The van der Waals surface area contributed by atoms with Crippen LogP contribution >= 0.6 is 0 Å². The van der Waals surface area contributed by atoms with Gasteiger partial charge in [-0.1, -0.05) is 24.3 Å². The molecule has 0 aliphatic carbocycles. The molecule has 0 amide bonds. The Labute approximate surface area is 127 Å². The van der Waals surface area contributed by atoms with Gasteiger partial charge in [0.15, 0.2) is 0 Å². The van der Waals surface area contributed by atoms with E-state index in [2.05, 4.69) is 65.4 Å². The number of fused-ring (bicyclic) bond motifs is 1. The summed E-state index contributed by atoms with van der Waals surface area (Å²) in [6.45, 7) is 9.31. The van der Waals surface area contributed by atoms with E-state index < -0.39 is 0 Å². The summed E-state index contributed by atoms with van der Waals surface area (Å²) in [4.78, 5) is 7.10. The Morgan fingerprint density at radius 2 is 1.95 bits per heavy atom. The third kappa shape index (κ3) is 3.24. The number of aromatic nitrogens is 1. The lowest BCUT2D eigenvalue weighted by atomic mass is 10.1. The number of benzene rings is 1. The van der Waals surface area contributed by atoms with Crippen molar-refractivity contribution in [3.8, 4) is 0 Å². The molecule has 1 aliphatic heterocycles. The van der Waals surface area contributed by atoms with Gasteiger partial charge in [0.05, 0.1) is 12.2 Å². The van der Waals surface area contributed by atoms with Crippen molar-refractivity contribution in [1.82, 2.24) is 10.3 Å². The van der Waals surface area contributed by atoms with E-state index in [1.54, 1.807) is 0 Å². The van der Waals surface area contributed by atoms with Crippen LogP contribution in [0.3, 0.4) is 0 Å². The van der Waals surface area contributed by atoms with Gasteiger partial charge in [0.25, 0.3) is 0 Å². The SMILES string of the molecule is Cc1cccc(CN2CC(C)(C)NCc3ccccc32)n1. The minimum Gasteiger partial charge on any atom is -0.364 e. The predicted octanol–water partition coefficient (Wildman–Crippen LogP) is 3.28. The highest BCUT2D eigenvalue weighted by Gasteiger charge is 2.26. The molecule has 0 unspecified atom stereocenters. The quantitative estimate of drug-likeness (QED) is 0.915. The van der Waals surface area contributed by atoms with Crippen LogP contribution in [0.15, 0.2) is 42.5 Å². The fourth-order valence-corrected chi connectivity index (χ4v) is 2.95. The lowest BCUT2D eigenvalue weighted by Crippen LogP contribution is -2.46. The average molecular weight is 281 g/mol. The number of nitrogens with one attached hydrogen (secondary N) is 1. The van der Waals surface area contributed by atoms with Crippen molar-refractivity contribution in [2.75, 3.05) is 11.4 Å². The molecule has 0 saturated heterocycles. The molecule has 0 spiro atoms. The van der Waals surface area contributed by atoms with Crippen molar-refractivity contribution >= 4 is 5.69 Å². The summed E-state index contributed by atoms with van der Waals surface area (Å²) in [5.41, 5.74) is 4.97. The molecule has 2 aromatic rings. The van der Waals surface area contributed by atoms with Gasteiger partial charge in [-0.25, -0.2) is 0 Å². The molecular weight excluding hydrogens is 258 g/mol. The van der Waals surface area contributed by atoms with Crippen LogP contribution < -0.4 is 10.2 Å². The molecule has 2 heterocycles. The summed E-state index contributed by atoms with van der Waals surface area (Å²) in [5, 5.41) is 3.64. The fourth-order valence-electron chi connectivity index (χ4n) is 2.95. The minimum absolute atomic E-state index is 0.0862. The molecule has 1 N–H and O–H groups in total. The molecule has 3 heteroatoms. The maximum Gasteiger partial charge on any atom is 0.0603 e. The maximum absolute atomic E-state index is 4.66. The second-order valence-corrected chi connectivity index (χ2v) is 6.49. The Hall–Kier alpha value is -1.87. The van der Waals surface area contributed by atoms with Crippen LogP contribution in [0.2, 0.25) is 0 Å². The topological polar surface area (TPSA) is 28.2 Å². The highest BCUT2D eigenvalue weighted by molar-refractivity contribution is 5.55. The van der Waals surface area contributed by atoms with Crippen LogP contribution in [0, 0.1) is 6.92 Å². The first-order valence-corrected chi connectivity index (χ1v) is 7.54. The van der Waals surface area contributed by atoms with E-state index in [0.717, 1.165) is 31.0 Å². The van der Waals surface area contributed by atoms with Crippen LogP contribution in [0.4, 0.5) is 5.69 Å². The molecule has 21 heavy (non-hydrogen) atoms. The number of nitrogens with zero attached hydrogens (tertiary/aromatic N) is 2. The van der Waals surface area contributed by atoms with E-state index in [-0.39, 0.29) is 5.54 Å². The number of hydrogen-bond acceptors (Lipinski definition) is 3.